The molecular formula is C48H40N2O. The van der Waals surface area contributed by atoms with Gasteiger partial charge in [0.25, 0.3) is 0 Å². The summed E-state index contributed by atoms with van der Waals surface area (Å²) in [4.78, 5) is 2.52. The van der Waals surface area contributed by atoms with E-state index >= 15 is 0 Å². The van der Waals surface area contributed by atoms with Gasteiger partial charge >= 0.3 is 0 Å². The molecule has 3 atom stereocenters. The second-order valence-electron chi connectivity index (χ2n) is 15.4. The first-order chi connectivity index (χ1) is 25.0. The van der Waals surface area contributed by atoms with Gasteiger partial charge in [-0.3, -0.25) is 0 Å². The van der Waals surface area contributed by atoms with Crippen LogP contribution in [0.15, 0.2) is 121 Å². The van der Waals surface area contributed by atoms with Gasteiger partial charge in [0.05, 0.1) is 11.6 Å². The van der Waals surface area contributed by atoms with Crippen LogP contribution >= 0.6 is 0 Å². The van der Waals surface area contributed by atoms with E-state index in [4.69, 9.17) is 4.74 Å². The third-order valence-corrected chi connectivity index (χ3v) is 12.2. The maximum Gasteiger partial charge on any atom is 0.178 e. The molecule has 5 aliphatic rings. The Balaban J connectivity index is 1.19. The summed E-state index contributed by atoms with van der Waals surface area (Å²) < 4.78 is 7.68. The van der Waals surface area contributed by atoms with E-state index in [2.05, 4.69) is 152 Å². The Morgan fingerprint density at radius 2 is 1.57 bits per heavy atom. The highest BCUT2D eigenvalue weighted by Gasteiger charge is 2.45. The highest BCUT2D eigenvalue weighted by Crippen LogP contribution is 2.58. The van der Waals surface area contributed by atoms with Gasteiger partial charge in [0.15, 0.2) is 5.60 Å². The van der Waals surface area contributed by atoms with Crippen LogP contribution in [-0.2, 0) is 11.0 Å². The smallest absolute Gasteiger partial charge is 0.178 e. The molecule has 0 radical (unpaired) electrons. The molecule has 248 valence electrons. The number of hydrogen-bond acceptors (Lipinski definition) is 3. The van der Waals surface area contributed by atoms with Gasteiger partial charge in [-0.1, -0.05) is 111 Å². The zero-order chi connectivity index (χ0) is 34.3. The van der Waals surface area contributed by atoms with E-state index in [0.717, 1.165) is 40.9 Å². The number of hydrogen-bond donors (Lipinski definition) is 0. The third-order valence-electron chi connectivity index (χ3n) is 12.2. The molecule has 2 heterocycles. The van der Waals surface area contributed by atoms with Gasteiger partial charge in [0.1, 0.15) is 5.75 Å². The number of benzene rings is 5. The van der Waals surface area contributed by atoms with Gasteiger partial charge in [0.2, 0.25) is 0 Å². The molecule has 1 fully saturated rings. The van der Waals surface area contributed by atoms with Gasteiger partial charge < -0.3 is 9.64 Å². The summed E-state index contributed by atoms with van der Waals surface area (Å²) in [7, 11) is 0. The molecule has 2 aliphatic heterocycles. The monoisotopic (exact) mass is 660 g/mol. The van der Waals surface area contributed by atoms with E-state index in [1.165, 1.54) is 63.7 Å². The van der Waals surface area contributed by atoms with Crippen LogP contribution in [0.4, 0.5) is 5.69 Å². The molecule has 0 bridgehead atoms. The number of anilines is 1. The van der Waals surface area contributed by atoms with E-state index in [-0.39, 0.29) is 5.41 Å². The van der Waals surface area contributed by atoms with Crippen molar-refractivity contribution in [1.82, 2.24) is 0 Å². The van der Waals surface area contributed by atoms with Gasteiger partial charge in [-0.25, -0.2) is 0 Å². The Morgan fingerprint density at radius 3 is 2.39 bits per heavy atom. The van der Waals surface area contributed by atoms with Crippen molar-refractivity contribution in [2.45, 2.75) is 50.0 Å². The first-order valence-corrected chi connectivity index (χ1v) is 18.5. The Bertz CT molecular complexity index is 2430. The lowest BCUT2D eigenvalue weighted by Crippen LogP contribution is -2.35. The summed E-state index contributed by atoms with van der Waals surface area (Å²) in [6, 6.07) is 33.4. The highest BCUT2D eigenvalue weighted by molar-refractivity contribution is 6.08. The van der Waals surface area contributed by atoms with Crippen molar-refractivity contribution in [2.75, 3.05) is 18.0 Å². The van der Waals surface area contributed by atoms with Crippen LogP contribution < -0.4 is 9.64 Å². The first-order valence-electron chi connectivity index (χ1n) is 18.5. The molecule has 1 saturated heterocycles. The van der Waals surface area contributed by atoms with Crippen molar-refractivity contribution in [2.24, 2.45) is 5.92 Å². The molecule has 10 rings (SSSR count). The van der Waals surface area contributed by atoms with Crippen molar-refractivity contribution in [3.05, 3.63) is 166 Å². The van der Waals surface area contributed by atoms with Crippen LogP contribution in [0.3, 0.4) is 0 Å². The lowest BCUT2D eigenvalue weighted by molar-refractivity contribution is 0.163. The molecule has 3 unspecified atom stereocenters. The second-order valence-corrected chi connectivity index (χ2v) is 15.4. The summed E-state index contributed by atoms with van der Waals surface area (Å²) in [5.41, 5.74) is 11.8. The average molecular weight is 661 g/mol. The number of ether oxygens (including phenoxy) is 1. The van der Waals surface area contributed by atoms with Crippen LogP contribution in [0, 0.1) is 17.2 Å². The zero-order valence-corrected chi connectivity index (χ0v) is 29.2. The third kappa shape index (κ3) is 4.42. The van der Waals surface area contributed by atoms with Gasteiger partial charge in [-0.15, -0.1) is 0 Å². The maximum atomic E-state index is 9.83. The first kappa shape index (κ1) is 30.3. The predicted octanol–water partition coefficient (Wildman–Crippen LogP) is 11.2. The van der Waals surface area contributed by atoms with Crippen molar-refractivity contribution in [3.63, 3.8) is 0 Å². The van der Waals surface area contributed by atoms with E-state index < -0.39 is 5.60 Å². The molecule has 3 nitrogen and oxygen atoms in total. The number of piperidine rings is 1. The molecule has 0 aromatic heterocycles. The van der Waals surface area contributed by atoms with Crippen molar-refractivity contribution >= 4 is 28.6 Å². The van der Waals surface area contributed by atoms with E-state index in [1.807, 2.05) is 6.07 Å². The predicted molar refractivity (Wildman–Crippen MR) is 209 cm³/mol. The summed E-state index contributed by atoms with van der Waals surface area (Å²) in [6.45, 7) is 6.81. The fraction of sp³-hybridized carbons (Fsp3) is 0.229. The van der Waals surface area contributed by atoms with Crippen LogP contribution in [-0.4, -0.2) is 13.1 Å². The van der Waals surface area contributed by atoms with Gasteiger partial charge in [-0.2, -0.15) is 5.26 Å². The van der Waals surface area contributed by atoms with Crippen molar-refractivity contribution in [1.29, 1.82) is 5.26 Å². The Kier molecular flexibility index (Phi) is 6.65. The fourth-order valence-corrected chi connectivity index (χ4v) is 9.63. The fourth-order valence-electron chi connectivity index (χ4n) is 9.63. The van der Waals surface area contributed by atoms with Crippen LogP contribution in [0.5, 0.6) is 5.75 Å². The minimum atomic E-state index is -0.839. The molecule has 0 N–H and O–H groups in total. The molecule has 0 amide bonds. The zero-order valence-electron chi connectivity index (χ0n) is 29.2. The number of nitrogens with zero attached hydrogens (tertiary/aromatic N) is 2. The van der Waals surface area contributed by atoms with E-state index in [9.17, 15) is 5.26 Å². The van der Waals surface area contributed by atoms with Gasteiger partial charge in [0, 0.05) is 58.1 Å². The molecule has 3 aliphatic carbocycles. The quantitative estimate of drug-likeness (QED) is 0.193. The van der Waals surface area contributed by atoms with Crippen LogP contribution in [0.1, 0.15) is 83.5 Å². The molecule has 0 saturated carbocycles. The number of nitriles is 1. The molecule has 5 aromatic rings. The molecular weight excluding hydrogens is 621 g/mol. The summed E-state index contributed by atoms with van der Waals surface area (Å²) in [5, 5.41) is 12.1. The Morgan fingerprint density at radius 1 is 0.784 bits per heavy atom. The minimum absolute atomic E-state index is 0.301. The molecule has 51 heavy (non-hydrogen) atoms. The Labute approximate surface area is 300 Å². The summed E-state index contributed by atoms with van der Waals surface area (Å²) >= 11 is 0. The maximum absolute atomic E-state index is 9.83. The standard InChI is InChI=1S/C48H40N2O/c1-47(2)43-28-31(30-49)14-23-40(43)44-38-12-6-7-13-39(38)46-41(45(44)47)24-25-48(51-46,34-19-21-36(22-20-34)50-26-8-3-9-27-50)35-18-17-33-16-15-32-10-4-5-11-37(32)42(33)29-35/h4-7,10-25,28-29,32,37H,3,8-9,26-27H2,1-2H3. The topological polar surface area (TPSA) is 36.3 Å². The van der Waals surface area contributed by atoms with E-state index in [1.54, 1.807) is 0 Å². The summed E-state index contributed by atoms with van der Waals surface area (Å²) in [5.74, 6) is 1.58. The van der Waals surface area contributed by atoms with Crippen LogP contribution in [0.25, 0.3) is 34.1 Å². The minimum Gasteiger partial charge on any atom is -0.472 e. The molecule has 5 aromatic carbocycles. The highest BCUT2D eigenvalue weighted by atomic mass is 16.5. The Hall–Kier alpha value is -5.59. The lowest BCUT2D eigenvalue weighted by Gasteiger charge is -2.39. The second kappa shape index (κ2) is 11.2. The summed E-state index contributed by atoms with van der Waals surface area (Å²) in [6.07, 6.45) is 22.1. The molecule has 0 spiro atoms. The molecule has 3 heteroatoms. The van der Waals surface area contributed by atoms with Crippen molar-refractivity contribution in [3.8, 4) is 22.9 Å². The number of fused-ring (bicyclic) bond motifs is 11. The van der Waals surface area contributed by atoms with Crippen LogP contribution in [0.2, 0.25) is 0 Å². The van der Waals surface area contributed by atoms with Gasteiger partial charge in [-0.05, 0) is 94.4 Å². The average Bonchev–Trinajstić information content (AvgIpc) is 3.43. The number of rotatable bonds is 3. The van der Waals surface area contributed by atoms with Crippen molar-refractivity contribution < 1.29 is 4.74 Å². The SMILES string of the molecule is CC1(C)c2cc(C#N)ccc2-c2c1c1c(c3ccccc23)OC(c2ccc(N3CCCCC3)cc2)(c2ccc3c(c2)C2C=CC=CC2C=C3)C=C1. The lowest BCUT2D eigenvalue weighted by atomic mass is 9.74. The van der Waals surface area contributed by atoms with E-state index in [0.29, 0.717) is 17.4 Å². The largest absolute Gasteiger partial charge is 0.472 e. The normalized spacial score (nSPS) is 23.1. The number of allylic oxidation sites excluding steroid dienone is 5.